The van der Waals surface area contributed by atoms with Gasteiger partial charge in [0, 0.05) is 17.3 Å². The van der Waals surface area contributed by atoms with Gasteiger partial charge in [-0.3, -0.25) is 9.52 Å². The summed E-state index contributed by atoms with van der Waals surface area (Å²) in [6.07, 6.45) is 0. The highest BCUT2D eigenvalue weighted by atomic mass is 32.2. The Bertz CT molecular complexity index is 976. The number of nitrogens with zero attached hydrogens (tertiary/aromatic N) is 1. The molecule has 2 heterocycles. The second kappa shape index (κ2) is 5.98. The average Bonchev–Trinajstić information content (AvgIpc) is 3.01. The Morgan fingerprint density at radius 1 is 1.17 bits per heavy atom. The Morgan fingerprint density at radius 2 is 1.91 bits per heavy atom. The third kappa shape index (κ3) is 3.49. The fraction of sp³-hybridized carbons (Fsp3) is 0.0667. The molecule has 118 valence electrons. The summed E-state index contributed by atoms with van der Waals surface area (Å²) in [5.41, 5.74) is 1.50. The Balaban J connectivity index is 1.87. The van der Waals surface area contributed by atoms with Gasteiger partial charge in [-0.1, -0.05) is 18.2 Å². The fourth-order valence-electron chi connectivity index (χ4n) is 2.06. The summed E-state index contributed by atoms with van der Waals surface area (Å²) in [6.45, 7) is 1.70. The molecule has 0 aliphatic heterocycles. The van der Waals surface area contributed by atoms with Crippen molar-refractivity contribution in [2.24, 2.45) is 0 Å². The lowest BCUT2D eigenvalue weighted by Gasteiger charge is -2.07. The molecule has 0 spiro atoms. The molecule has 0 saturated carbocycles. The molecular formula is C15H13N3O3S2. The molecule has 0 saturated heterocycles. The molecule has 0 aliphatic rings. The minimum atomic E-state index is -3.56. The standard InChI is InChI=1S/C15H13N3O3S2/c1-10-16-13(9-14(19)17-10)11-4-6-12(7-5-11)18-23(20,21)15-3-2-8-22-15/h2-9,18H,1H3,(H,16,17,19). The summed E-state index contributed by atoms with van der Waals surface area (Å²) in [5.74, 6) is 0.523. The van der Waals surface area contributed by atoms with Gasteiger partial charge >= 0.3 is 0 Å². The average molecular weight is 347 g/mol. The molecule has 0 radical (unpaired) electrons. The summed E-state index contributed by atoms with van der Waals surface area (Å²) in [4.78, 5) is 18.3. The van der Waals surface area contributed by atoms with Gasteiger partial charge in [0.15, 0.2) is 0 Å². The molecule has 0 amide bonds. The summed E-state index contributed by atoms with van der Waals surface area (Å²) in [7, 11) is -3.56. The van der Waals surface area contributed by atoms with Crippen LogP contribution >= 0.6 is 11.3 Å². The first-order valence-electron chi connectivity index (χ1n) is 6.69. The number of hydrogen-bond donors (Lipinski definition) is 2. The van der Waals surface area contributed by atoms with Crippen LogP contribution in [0.2, 0.25) is 0 Å². The van der Waals surface area contributed by atoms with Crippen LogP contribution in [0.3, 0.4) is 0 Å². The van der Waals surface area contributed by atoms with Crippen LogP contribution in [-0.4, -0.2) is 18.4 Å². The Labute approximate surface area is 136 Å². The molecular weight excluding hydrogens is 334 g/mol. The van der Waals surface area contributed by atoms with E-state index in [1.165, 1.54) is 6.07 Å². The number of anilines is 1. The van der Waals surface area contributed by atoms with Crippen LogP contribution in [0.1, 0.15) is 5.82 Å². The molecule has 8 heteroatoms. The zero-order valence-corrected chi connectivity index (χ0v) is 13.7. The van der Waals surface area contributed by atoms with Crippen LogP contribution in [0.4, 0.5) is 5.69 Å². The van der Waals surface area contributed by atoms with E-state index in [1.807, 2.05) is 0 Å². The van der Waals surface area contributed by atoms with Gasteiger partial charge in [0.25, 0.3) is 15.6 Å². The van der Waals surface area contributed by atoms with Crippen LogP contribution in [0, 0.1) is 6.92 Å². The van der Waals surface area contributed by atoms with Gasteiger partial charge in [-0.15, -0.1) is 11.3 Å². The molecule has 2 N–H and O–H groups in total. The van der Waals surface area contributed by atoms with Crippen LogP contribution in [-0.2, 0) is 10.0 Å². The quantitative estimate of drug-likeness (QED) is 0.759. The van der Waals surface area contributed by atoms with E-state index in [-0.39, 0.29) is 9.77 Å². The summed E-state index contributed by atoms with van der Waals surface area (Å²) < 4.78 is 27.1. The van der Waals surface area contributed by atoms with Crippen molar-refractivity contribution in [3.05, 3.63) is 64.0 Å². The number of H-pyrrole nitrogens is 1. The van der Waals surface area contributed by atoms with Gasteiger partial charge < -0.3 is 4.98 Å². The Hall–Kier alpha value is -2.45. The highest BCUT2D eigenvalue weighted by Crippen LogP contribution is 2.22. The molecule has 2 aromatic heterocycles. The molecule has 0 aliphatic carbocycles. The second-order valence-electron chi connectivity index (χ2n) is 4.83. The lowest BCUT2D eigenvalue weighted by Crippen LogP contribution is -2.11. The number of aromatic nitrogens is 2. The number of hydrogen-bond acceptors (Lipinski definition) is 5. The number of aromatic amines is 1. The van der Waals surface area contributed by atoms with Crippen LogP contribution in [0.5, 0.6) is 0 Å². The summed E-state index contributed by atoms with van der Waals surface area (Å²) in [6, 6.07) is 11.3. The van der Waals surface area contributed by atoms with Crippen LogP contribution in [0.15, 0.2) is 56.8 Å². The summed E-state index contributed by atoms with van der Waals surface area (Å²) >= 11 is 1.15. The van der Waals surface area contributed by atoms with Crippen molar-refractivity contribution in [3.63, 3.8) is 0 Å². The van der Waals surface area contributed by atoms with E-state index in [2.05, 4.69) is 14.7 Å². The van der Waals surface area contributed by atoms with Gasteiger partial charge in [0.05, 0.1) is 5.69 Å². The highest BCUT2D eigenvalue weighted by molar-refractivity contribution is 7.94. The first-order valence-corrected chi connectivity index (χ1v) is 9.05. The Kier molecular flexibility index (Phi) is 4.01. The maximum Gasteiger partial charge on any atom is 0.271 e. The first-order chi connectivity index (χ1) is 10.9. The van der Waals surface area contributed by atoms with Crippen molar-refractivity contribution in [2.45, 2.75) is 11.1 Å². The smallest absolute Gasteiger partial charge is 0.271 e. The molecule has 0 bridgehead atoms. The van der Waals surface area contributed by atoms with Crippen molar-refractivity contribution in [1.29, 1.82) is 0 Å². The maximum absolute atomic E-state index is 12.1. The molecule has 0 fully saturated rings. The van der Waals surface area contributed by atoms with E-state index in [1.54, 1.807) is 48.7 Å². The number of nitrogens with one attached hydrogen (secondary N) is 2. The lowest BCUT2D eigenvalue weighted by molar-refractivity contribution is 0.603. The lowest BCUT2D eigenvalue weighted by atomic mass is 10.1. The first kappa shape index (κ1) is 15.4. The monoisotopic (exact) mass is 347 g/mol. The number of rotatable bonds is 4. The molecule has 3 rings (SSSR count). The predicted molar refractivity (Wildman–Crippen MR) is 90.2 cm³/mol. The minimum absolute atomic E-state index is 0.227. The molecule has 3 aromatic rings. The zero-order valence-electron chi connectivity index (χ0n) is 12.1. The van der Waals surface area contributed by atoms with Gasteiger partial charge in [0.1, 0.15) is 10.0 Å². The second-order valence-corrected chi connectivity index (χ2v) is 7.69. The molecule has 0 unspecified atom stereocenters. The van der Waals surface area contributed by atoms with Crippen molar-refractivity contribution < 1.29 is 8.42 Å². The third-order valence-electron chi connectivity index (χ3n) is 3.05. The van der Waals surface area contributed by atoms with E-state index in [0.29, 0.717) is 17.2 Å². The SMILES string of the molecule is Cc1nc(-c2ccc(NS(=O)(=O)c3cccs3)cc2)cc(=O)[nH]1. The van der Waals surface area contributed by atoms with E-state index in [4.69, 9.17) is 0 Å². The Morgan fingerprint density at radius 3 is 2.52 bits per heavy atom. The number of thiophene rings is 1. The van der Waals surface area contributed by atoms with E-state index in [9.17, 15) is 13.2 Å². The normalized spacial score (nSPS) is 11.3. The molecule has 1 aromatic carbocycles. The van der Waals surface area contributed by atoms with Gasteiger partial charge in [-0.05, 0) is 30.5 Å². The van der Waals surface area contributed by atoms with Gasteiger partial charge in [-0.25, -0.2) is 13.4 Å². The fourth-order valence-corrected chi connectivity index (χ4v) is 4.11. The third-order valence-corrected chi connectivity index (χ3v) is 5.83. The van der Waals surface area contributed by atoms with Crippen molar-refractivity contribution in [3.8, 4) is 11.3 Å². The topological polar surface area (TPSA) is 91.9 Å². The molecule has 23 heavy (non-hydrogen) atoms. The zero-order chi connectivity index (χ0) is 16.4. The largest absolute Gasteiger partial charge is 0.311 e. The van der Waals surface area contributed by atoms with E-state index < -0.39 is 10.0 Å². The number of sulfonamides is 1. The molecule has 6 nitrogen and oxygen atoms in total. The number of benzene rings is 1. The predicted octanol–water partition coefficient (Wildman–Crippen LogP) is 2.61. The number of aryl methyl sites for hydroxylation is 1. The summed E-state index contributed by atoms with van der Waals surface area (Å²) in [5, 5.41) is 1.71. The van der Waals surface area contributed by atoms with Gasteiger partial charge in [0.2, 0.25) is 0 Å². The van der Waals surface area contributed by atoms with Crippen LogP contribution in [0.25, 0.3) is 11.3 Å². The highest BCUT2D eigenvalue weighted by Gasteiger charge is 2.15. The van der Waals surface area contributed by atoms with E-state index in [0.717, 1.165) is 16.9 Å². The van der Waals surface area contributed by atoms with Crippen molar-refractivity contribution >= 4 is 27.0 Å². The maximum atomic E-state index is 12.1. The van der Waals surface area contributed by atoms with E-state index >= 15 is 0 Å². The van der Waals surface area contributed by atoms with Crippen LogP contribution < -0.4 is 10.3 Å². The minimum Gasteiger partial charge on any atom is -0.311 e. The van der Waals surface area contributed by atoms with Gasteiger partial charge in [-0.2, -0.15) is 0 Å². The molecule has 0 atom stereocenters. The van der Waals surface area contributed by atoms with Crippen molar-refractivity contribution in [1.82, 2.24) is 9.97 Å². The van der Waals surface area contributed by atoms with Crippen molar-refractivity contribution in [2.75, 3.05) is 4.72 Å².